The maximum atomic E-state index is 10.3. The Hall–Kier alpha value is -2.86. The van der Waals surface area contributed by atoms with Gasteiger partial charge < -0.3 is 29.2 Å². The molecule has 2 aromatic carbocycles. The van der Waals surface area contributed by atoms with Gasteiger partial charge in [-0.25, -0.2) is 0 Å². The molecular formula is C21H20O6. The Kier molecular flexibility index (Phi) is 3.68. The number of aliphatic hydroxyl groups is 1. The number of hydrogen-bond donors (Lipinski definition) is 2. The monoisotopic (exact) mass is 368 g/mol. The van der Waals surface area contributed by atoms with Crippen LogP contribution in [0.5, 0.6) is 28.7 Å². The summed E-state index contributed by atoms with van der Waals surface area (Å²) in [4.78, 5) is 0. The summed E-state index contributed by atoms with van der Waals surface area (Å²) >= 11 is 0. The van der Waals surface area contributed by atoms with Gasteiger partial charge in [0.25, 0.3) is 0 Å². The van der Waals surface area contributed by atoms with Crippen LogP contribution in [0.1, 0.15) is 35.6 Å². The molecule has 140 valence electrons. The van der Waals surface area contributed by atoms with Gasteiger partial charge in [-0.1, -0.05) is 11.6 Å². The zero-order valence-electron chi connectivity index (χ0n) is 14.9. The molecule has 0 saturated carbocycles. The van der Waals surface area contributed by atoms with Gasteiger partial charge in [-0.2, -0.15) is 0 Å². The number of rotatable bonds is 3. The fourth-order valence-electron chi connectivity index (χ4n) is 3.91. The zero-order valence-corrected chi connectivity index (χ0v) is 14.9. The average molecular weight is 368 g/mol. The predicted octanol–water partition coefficient (Wildman–Crippen LogP) is 3.21. The molecule has 0 saturated heterocycles. The van der Waals surface area contributed by atoms with Crippen LogP contribution in [0.3, 0.4) is 0 Å². The van der Waals surface area contributed by atoms with Crippen molar-refractivity contribution in [3.63, 3.8) is 0 Å². The van der Waals surface area contributed by atoms with Crippen molar-refractivity contribution in [1.82, 2.24) is 0 Å². The van der Waals surface area contributed by atoms with Crippen molar-refractivity contribution in [3.05, 3.63) is 52.6 Å². The fraction of sp³-hybridized carbons (Fsp3) is 0.333. The summed E-state index contributed by atoms with van der Waals surface area (Å²) in [6.45, 7) is 2.54. The molecule has 2 atom stereocenters. The second-order valence-corrected chi connectivity index (χ2v) is 7.09. The first-order valence-corrected chi connectivity index (χ1v) is 9.00. The minimum Gasteiger partial charge on any atom is -0.508 e. The molecule has 27 heavy (non-hydrogen) atoms. The number of fused-ring (bicyclic) bond motifs is 6. The zero-order chi connectivity index (χ0) is 18.5. The van der Waals surface area contributed by atoms with Crippen LogP contribution in [0.4, 0.5) is 0 Å². The van der Waals surface area contributed by atoms with E-state index in [-0.39, 0.29) is 31.2 Å². The number of aromatic hydroxyl groups is 1. The number of ether oxygens (including phenoxy) is 4. The Balaban J connectivity index is 1.53. The molecule has 2 aromatic rings. The number of benzene rings is 2. The van der Waals surface area contributed by atoms with Crippen LogP contribution in [0, 0.1) is 0 Å². The van der Waals surface area contributed by atoms with Crippen LogP contribution in [-0.2, 0) is 6.42 Å². The van der Waals surface area contributed by atoms with E-state index in [0.717, 1.165) is 28.2 Å². The number of phenols is 1. The first-order valence-electron chi connectivity index (χ1n) is 9.00. The quantitative estimate of drug-likeness (QED) is 0.810. The summed E-state index contributed by atoms with van der Waals surface area (Å²) in [5, 5.41) is 19.5. The van der Waals surface area contributed by atoms with Gasteiger partial charge in [-0.3, -0.25) is 0 Å². The second kappa shape index (κ2) is 6.09. The Morgan fingerprint density at radius 2 is 1.93 bits per heavy atom. The molecular weight excluding hydrogens is 348 g/mol. The van der Waals surface area contributed by atoms with Crippen LogP contribution >= 0.6 is 0 Å². The highest BCUT2D eigenvalue weighted by atomic mass is 16.7. The lowest BCUT2D eigenvalue weighted by Crippen LogP contribution is -2.24. The Labute approximate surface area is 156 Å². The number of hydrogen-bond acceptors (Lipinski definition) is 6. The average Bonchev–Trinajstić information content (AvgIpc) is 3.28. The van der Waals surface area contributed by atoms with Crippen molar-refractivity contribution in [1.29, 1.82) is 0 Å². The molecule has 2 N–H and O–H groups in total. The van der Waals surface area contributed by atoms with E-state index in [1.807, 2.05) is 31.2 Å². The molecule has 0 amide bonds. The van der Waals surface area contributed by atoms with Crippen LogP contribution in [0.25, 0.3) is 0 Å². The van der Waals surface area contributed by atoms with Crippen molar-refractivity contribution >= 4 is 0 Å². The summed E-state index contributed by atoms with van der Waals surface area (Å²) < 4.78 is 23.3. The van der Waals surface area contributed by atoms with Crippen molar-refractivity contribution in [2.24, 2.45) is 0 Å². The minimum absolute atomic E-state index is 0.00539. The standard InChI is InChI=1S/C21H20O6/c1-11(8-22)2-3-12-16(23)5-4-13-20(12)24-9-15-14-6-18-19(26-10-25-18)7-17(14)27-21(13)15/h2,4-7,15,21-23H,3,8-10H2,1H3/b11-2+/t15-,21-/m0/s1. The summed E-state index contributed by atoms with van der Waals surface area (Å²) in [6.07, 6.45) is 2.21. The maximum absolute atomic E-state index is 10.3. The van der Waals surface area contributed by atoms with Gasteiger partial charge in [0.2, 0.25) is 6.79 Å². The molecule has 0 bridgehead atoms. The van der Waals surface area contributed by atoms with Crippen LogP contribution < -0.4 is 18.9 Å². The minimum atomic E-state index is -0.173. The largest absolute Gasteiger partial charge is 0.508 e. The van der Waals surface area contributed by atoms with Gasteiger partial charge in [0.1, 0.15) is 23.4 Å². The SMILES string of the molecule is C/C(=C\Cc1c(O)ccc2c1OC[C@H]1c3cc4c(cc3O[C@@H]21)OCO4)CO. The van der Waals surface area contributed by atoms with E-state index >= 15 is 0 Å². The smallest absolute Gasteiger partial charge is 0.231 e. The van der Waals surface area contributed by atoms with Gasteiger partial charge in [-0.05, 0) is 31.5 Å². The molecule has 5 rings (SSSR count). The van der Waals surface area contributed by atoms with Gasteiger partial charge in [0.15, 0.2) is 11.5 Å². The number of aliphatic hydroxyl groups excluding tert-OH is 1. The molecule has 0 unspecified atom stereocenters. The van der Waals surface area contributed by atoms with E-state index in [1.165, 1.54) is 0 Å². The summed E-state index contributed by atoms with van der Waals surface area (Å²) in [6, 6.07) is 7.40. The van der Waals surface area contributed by atoms with Crippen molar-refractivity contribution < 1.29 is 29.2 Å². The Morgan fingerprint density at radius 3 is 2.74 bits per heavy atom. The predicted molar refractivity (Wildman–Crippen MR) is 96.8 cm³/mol. The molecule has 0 fully saturated rings. The molecule has 3 aliphatic heterocycles. The first-order chi connectivity index (χ1) is 13.2. The normalized spacial score (nSPS) is 21.8. The first kappa shape index (κ1) is 16.3. The lowest BCUT2D eigenvalue weighted by Gasteiger charge is -2.29. The third kappa shape index (κ3) is 2.51. The molecule has 0 radical (unpaired) electrons. The van der Waals surface area contributed by atoms with Crippen molar-refractivity contribution in [2.45, 2.75) is 25.4 Å². The third-order valence-electron chi connectivity index (χ3n) is 5.41. The maximum Gasteiger partial charge on any atom is 0.231 e. The molecule has 0 spiro atoms. The third-order valence-corrected chi connectivity index (χ3v) is 5.41. The highest BCUT2D eigenvalue weighted by molar-refractivity contribution is 5.59. The number of phenolic OH excluding ortho intramolecular Hbond substituents is 1. The Bertz CT molecular complexity index is 948. The molecule has 6 heteroatoms. The van der Waals surface area contributed by atoms with Crippen LogP contribution in [-0.4, -0.2) is 30.2 Å². The fourth-order valence-corrected chi connectivity index (χ4v) is 3.91. The molecule has 0 aromatic heterocycles. The lowest BCUT2D eigenvalue weighted by atomic mass is 9.87. The molecule has 3 aliphatic rings. The molecule has 3 heterocycles. The van der Waals surface area contributed by atoms with Gasteiger partial charge >= 0.3 is 0 Å². The molecule has 6 nitrogen and oxygen atoms in total. The summed E-state index contributed by atoms with van der Waals surface area (Å²) in [7, 11) is 0. The lowest BCUT2D eigenvalue weighted by molar-refractivity contribution is 0.137. The van der Waals surface area contributed by atoms with E-state index in [1.54, 1.807) is 6.07 Å². The van der Waals surface area contributed by atoms with Gasteiger partial charge in [0, 0.05) is 22.8 Å². The van der Waals surface area contributed by atoms with E-state index < -0.39 is 0 Å². The van der Waals surface area contributed by atoms with E-state index in [9.17, 15) is 10.2 Å². The van der Waals surface area contributed by atoms with Crippen LogP contribution in [0.15, 0.2) is 35.9 Å². The second-order valence-electron chi connectivity index (χ2n) is 7.09. The highest BCUT2D eigenvalue weighted by Gasteiger charge is 2.42. The van der Waals surface area contributed by atoms with Crippen LogP contribution in [0.2, 0.25) is 0 Å². The van der Waals surface area contributed by atoms with E-state index in [4.69, 9.17) is 18.9 Å². The van der Waals surface area contributed by atoms with E-state index in [0.29, 0.717) is 30.1 Å². The number of allylic oxidation sites excluding steroid dienone is 1. The van der Waals surface area contributed by atoms with Crippen molar-refractivity contribution in [3.8, 4) is 28.7 Å². The van der Waals surface area contributed by atoms with Gasteiger partial charge in [-0.15, -0.1) is 0 Å². The summed E-state index contributed by atoms with van der Waals surface area (Å²) in [5.74, 6) is 3.14. The molecule has 0 aliphatic carbocycles. The van der Waals surface area contributed by atoms with Gasteiger partial charge in [0.05, 0.1) is 19.1 Å². The topological polar surface area (TPSA) is 77.4 Å². The van der Waals surface area contributed by atoms with E-state index in [2.05, 4.69) is 0 Å². The Morgan fingerprint density at radius 1 is 1.11 bits per heavy atom. The van der Waals surface area contributed by atoms with Crippen molar-refractivity contribution in [2.75, 3.05) is 20.0 Å². The highest BCUT2D eigenvalue weighted by Crippen LogP contribution is 2.55. The summed E-state index contributed by atoms with van der Waals surface area (Å²) in [5.41, 5.74) is 3.54.